The molecule has 1 fully saturated rings. The summed E-state index contributed by atoms with van der Waals surface area (Å²) in [6, 6.07) is 0.453. The molecular weight excluding hydrogens is 238 g/mol. The average Bonchev–Trinajstić information content (AvgIpc) is 2.90. The van der Waals surface area contributed by atoms with Crippen molar-refractivity contribution in [2.24, 2.45) is 0 Å². The predicted molar refractivity (Wildman–Crippen MR) is 79.2 cm³/mol. The number of carbonyl (C=O) groups excluding carboxylic acids is 1. The first-order valence-electron chi connectivity index (χ1n) is 8.20. The summed E-state index contributed by atoms with van der Waals surface area (Å²) in [5, 5.41) is 3.52. The minimum absolute atomic E-state index is 0.0510. The number of ether oxygens (including phenoxy) is 1. The molecule has 0 aromatic heterocycles. The summed E-state index contributed by atoms with van der Waals surface area (Å²) in [7, 11) is 0. The number of hydrogen-bond acceptors (Lipinski definition) is 3. The summed E-state index contributed by atoms with van der Waals surface area (Å²) in [5.74, 6) is -0.0510. The van der Waals surface area contributed by atoms with E-state index in [0.717, 1.165) is 12.8 Å². The highest BCUT2D eigenvalue weighted by Gasteiger charge is 2.24. The average molecular weight is 269 g/mol. The van der Waals surface area contributed by atoms with Crippen LogP contribution in [0.5, 0.6) is 0 Å². The topological polar surface area (TPSA) is 38.3 Å². The summed E-state index contributed by atoms with van der Waals surface area (Å²) in [6.07, 6.45) is 12.2. The van der Waals surface area contributed by atoms with Crippen LogP contribution in [-0.2, 0) is 9.53 Å². The SMILES string of the molecule is CCCCCCCC(NC1CCCC1)C(=O)OCC. The Morgan fingerprint density at radius 1 is 1.16 bits per heavy atom. The van der Waals surface area contributed by atoms with Gasteiger partial charge in [0.1, 0.15) is 6.04 Å². The molecule has 3 heteroatoms. The Hall–Kier alpha value is -0.570. The van der Waals surface area contributed by atoms with Gasteiger partial charge in [0.2, 0.25) is 0 Å². The fourth-order valence-corrected chi connectivity index (χ4v) is 2.84. The van der Waals surface area contributed by atoms with Gasteiger partial charge in [-0.05, 0) is 26.2 Å². The standard InChI is InChI=1S/C16H31NO2/c1-3-5-6-7-8-13-15(16(18)19-4-2)17-14-11-9-10-12-14/h14-15,17H,3-13H2,1-2H3. The number of esters is 1. The Labute approximate surface area is 118 Å². The monoisotopic (exact) mass is 269 g/mol. The number of unbranched alkanes of at least 4 members (excludes halogenated alkanes) is 4. The second kappa shape index (κ2) is 10.2. The lowest BCUT2D eigenvalue weighted by atomic mass is 10.1. The van der Waals surface area contributed by atoms with Crippen LogP contribution < -0.4 is 5.32 Å². The van der Waals surface area contributed by atoms with Crippen LogP contribution in [0.2, 0.25) is 0 Å². The highest BCUT2D eigenvalue weighted by Crippen LogP contribution is 2.19. The molecule has 3 nitrogen and oxygen atoms in total. The molecule has 0 aromatic rings. The third kappa shape index (κ3) is 6.95. The number of nitrogens with one attached hydrogen (secondary N) is 1. The highest BCUT2D eigenvalue weighted by atomic mass is 16.5. The van der Waals surface area contributed by atoms with Gasteiger partial charge >= 0.3 is 5.97 Å². The van der Waals surface area contributed by atoms with Crippen LogP contribution in [0.4, 0.5) is 0 Å². The van der Waals surface area contributed by atoms with Crippen LogP contribution in [0, 0.1) is 0 Å². The van der Waals surface area contributed by atoms with Crippen molar-refractivity contribution in [2.45, 2.75) is 90.1 Å². The molecule has 0 aromatic carbocycles. The molecular formula is C16H31NO2. The van der Waals surface area contributed by atoms with Crippen molar-refractivity contribution in [3.8, 4) is 0 Å². The molecule has 0 saturated heterocycles. The largest absolute Gasteiger partial charge is 0.465 e. The van der Waals surface area contributed by atoms with Crippen LogP contribution in [0.25, 0.3) is 0 Å². The van der Waals surface area contributed by atoms with Crippen LogP contribution in [0.3, 0.4) is 0 Å². The van der Waals surface area contributed by atoms with Gasteiger partial charge in [-0.25, -0.2) is 0 Å². The van der Waals surface area contributed by atoms with Crippen molar-refractivity contribution in [3.05, 3.63) is 0 Å². The summed E-state index contributed by atoms with van der Waals surface area (Å²) in [4.78, 5) is 12.0. The third-order valence-corrected chi connectivity index (χ3v) is 3.96. The molecule has 1 saturated carbocycles. The zero-order valence-corrected chi connectivity index (χ0v) is 12.7. The van der Waals surface area contributed by atoms with Gasteiger partial charge in [0.25, 0.3) is 0 Å². The van der Waals surface area contributed by atoms with E-state index in [1.165, 1.54) is 51.4 Å². The summed E-state index contributed by atoms with van der Waals surface area (Å²) in [5.41, 5.74) is 0. The van der Waals surface area contributed by atoms with Gasteiger partial charge < -0.3 is 10.1 Å². The van der Waals surface area contributed by atoms with Crippen LogP contribution in [-0.4, -0.2) is 24.7 Å². The van der Waals surface area contributed by atoms with Crippen molar-refractivity contribution in [1.82, 2.24) is 5.32 Å². The van der Waals surface area contributed by atoms with Crippen LogP contribution in [0.15, 0.2) is 0 Å². The van der Waals surface area contributed by atoms with E-state index in [9.17, 15) is 4.79 Å². The van der Waals surface area contributed by atoms with E-state index >= 15 is 0 Å². The third-order valence-electron chi connectivity index (χ3n) is 3.96. The van der Waals surface area contributed by atoms with E-state index < -0.39 is 0 Å². The zero-order chi connectivity index (χ0) is 13.9. The Bertz CT molecular complexity index is 237. The Balaban J connectivity index is 2.28. The van der Waals surface area contributed by atoms with Crippen molar-refractivity contribution in [2.75, 3.05) is 6.61 Å². The van der Waals surface area contributed by atoms with E-state index in [4.69, 9.17) is 4.74 Å². The second-order valence-electron chi connectivity index (χ2n) is 5.66. The van der Waals surface area contributed by atoms with Crippen LogP contribution >= 0.6 is 0 Å². The molecule has 0 radical (unpaired) electrons. The molecule has 0 aliphatic heterocycles. The zero-order valence-electron chi connectivity index (χ0n) is 12.7. The minimum atomic E-state index is -0.0790. The molecule has 0 amide bonds. The number of rotatable bonds is 10. The highest BCUT2D eigenvalue weighted by molar-refractivity contribution is 5.75. The number of carbonyl (C=O) groups is 1. The van der Waals surface area contributed by atoms with Gasteiger partial charge in [-0.2, -0.15) is 0 Å². The van der Waals surface area contributed by atoms with E-state index in [1.54, 1.807) is 0 Å². The van der Waals surface area contributed by atoms with Crippen molar-refractivity contribution < 1.29 is 9.53 Å². The Morgan fingerprint density at radius 2 is 1.84 bits per heavy atom. The predicted octanol–water partition coefficient (Wildman–Crippen LogP) is 3.81. The van der Waals surface area contributed by atoms with Gasteiger partial charge in [0.05, 0.1) is 6.61 Å². The first-order valence-corrected chi connectivity index (χ1v) is 8.20. The van der Waals surface area contributed by atoms with Gasteiger partial charge in [-0.1, -0.05) is 51.9 Å². The Morgan fingerprint density at radius 3 is 2.47 bits per heavy atom. The lowest BCUT2D eigenvalue weighted by molar-refractivity contribution is -0.146. The van der Waals surface area contributed by atoms with E-state index in [0.29, 0.717) is 12.6 Å². The molecule has 1 unspecified atom stereocenters. The lowest BCUT2D eigenvalue weighted by Crippen LogP contribution is -2.43. The van der Waals surface area contributed by atoms with Crippen molar-refractivity contribution in [3.63, 3.8) is 0 Å². The summed E-state index contributed by atoms with van der Waals surface area (Å²) < 4.78 is 5.19. The molecule has 1 aliphatic rings. The molecule has 0 spiro atoms. The lowest BCUT2D eigenvalue weighted by Gasteiger charge is -2.21. The number of hydrogen-bond donors (Lipinski definition) is 1. The summed E-state index contributed by atoms with van der Waals surface area (Å²) in [6.45, 7) is 4.59. The fraction of sp³-hybridized carbons (Fsp3) is 0.938. The Kier molecular flexibility index (Phi) is 8.89. The van der Waals surface area contributed by atoms with Gasteiger partial charge in [-0.3, -0.25) is 4.79 Å². The molecule has 0 bridgehead atoms. The molecule has 0 heterocycles. The van der Waals surface area contributed by atoms with E-state index in [-0.39, 0.29) is 12.0 Å². The molecule has 1 atom stereocenters. The molecule has 19 heavy (non-hydrogen) atoms. The second-order valence-corrected chi connectivity index (χ2v) is 5.66. The van der Waals surface area contributed by atoms with Crippen LogP contribution in [0.1, 0.15) is 78.1 Å². The molecule has 1 rings (SSSR count). The van der Waals surface area contributed by atoms with Gasteiger partial charge in [0, 0.05) is 6.04 Å². The maximum Gasteiger partial charge on any atom is 0.323 e. The van der Waals surface area contributed by atoms with Crippen molar-refractivity contribution in [1.29, 1.82) is 0 Å². The normalized spacial score (nSPS) is 17.6. The molecule has 112 valence electrons. The van der Waals surface area contributed by atoms with Gasteiger partial charge in [-0.15, -0.1) is 0 Å². The maximum absolute atomic E-state index is 12.0. The van der Waals surface area contributed by atoms with Crippen molar-refractivity contribution >= 4 is 5.97 Å². The quantitative estimate of drug-likeness (QED) is 0.484. The molecule has 1 N–H and O–H groups in total. The van der Waals surface area contributed by atoms with Gasteiger partial charge in [0.15, 0.2) is 0 Å². The maximum atomic E-state index is 12.0. The minimum Gasteiger partial charge on any atom is -0.465 e. The fourth-order valence-electron chi connectivity index (χ4n) is 2.84. The summed E-state index contributed by atoms with van der Waals surface area (Å²) >= 11 is 0. The first kappa shape index (κ1) is 16.5. The van der Waals surface area contributed by atoms with E-state index in [1.807, 2.05) is 6.92 Å². The smallest absolute Gasteiger partial charge is 0.323 e. The first-order chi connectivity index (χ1) is 9.27. The van der Waals surface area contributed by atoms with E-state index in [2.05, 4.69) is 12.2 Å². The molecule has 1 aliphatic carbocycles.